The monoisotopic (exact) mass is 268 g/mol. The summed E-state index contributed by atoms with van der Waals surface area (Å²) in [6.45, 7) is 2.23. The van der Waals surface area contributed by atoms with Gasteiger partial charge in [0, 0.05) is 12.1 Å². The molecule has 5 heteroatoms. The third-order valence-corrected chi connectivity index (χ3v) is 5.00. The van der Waals surface area contributed by atoms with Gasteiger partial charge in [-0.05, 0) is 65.7 Å². The van der Waals surface area contributed by atoms with Crippen LogP contribution in [0.25, 0.3) is 0 Å². The van der Waals surface area contributed by atoms with Gasteiger partial charge in [0.2, 0.25) is 5.91 Å². The zero-order valence-corrected chi connectivity index (χ0v) is 12.3. The van der Waals surface area contributed by atoms with Crippen molar-refractivity contribution in [3.05, 3.63) is 0 Å². The topological polar surface area (TPSA) is 75.6 Å². The van der Waals surface area contributed by atoms with Crippen molar-refractivity contribution in [2.75, 3.05) is 27.2 Å². The van der Waals surface area contributed by atoms with Crippen molar-refractivity contribution in [3.8, 4) is 0 Å². The third-order valence-electron chi connectivity index (χ3n) is 5.00. The first kappa shape index (κ1) is 14.8. The standard InChI is InChI=1S/C14H28N4O/c1-17(2)11-5-8-18(9-6-11)12-4-3-7-14(16,10-12)13(15)19/h11-12H,3-10,16H2,1-2H3,(H2,15,19). The molecule has 1 heterocycles. The number of nitrogens with zero attached hydrogens (tertiary/aromatic N) is 2. The normalized spacial score (nSPS) is 34.6. The van der Waals surface area contributed by atoms with E-state index in [0.717, 1.165) is 38.8 Å². The van der Waals surface area contributed by atoms with Crippen LogP contribution in [0.2, 0.25) is 0 Å². The number of hydrogen-bond acceptors (Lipinski definition) is 4. The van der Waals surface area contributed by atoms with E-state index < -0.39 is 5.54 Å². The van der Waals surface area contributed by atoms with Gasteiger partial charge in [-0.2, -0.15) is 0 Å². The van der Waals surface area contributed by atoms with E-state index in [1.807, 2.05) is 0 Å². The fraction of sp³-hybridized carbons (Fsp3) is 0.929. The zero-order chi connectivity index (χ0) is 14.0. The Balaban J connectivity index is 1.91. The predicted octanol–water partition coefficient (Wildman–Crippen LogP) is 0.138. The summed E-state index contributed by atoms with van der Waals surface area (Å²) in [6.07, 6.45) is 6.05. The van der Waals surface area contributed by atoms with Crippen molar-refractivity contribution in [2.45, 2.75) is 56.1 Å². The van der Waals surface area contributed by atoms with Gasteiger partial charge in [0.1, 0.15) is 0 Å². The second kappa shape index (κ2) is 5.77. The van der Waals surface area contributed by atoms with Crippen LogP contribution in [0, 0.1) is 0 Å². The Kier molecular flexibility index (Phi) is 4.48. The summed E-state index contributed by atoms with van der Waals surface area (Å²) in [5.41, 5.74) is 10.9. The summed E-state index contributed by atoms with van der Waals surface area (Å²) < 4.78 is 0. The molecule has 19 heavy (non-hydrogen) atoms. The highest BCUT2D eigenvalue weighted by Crippen LogP contribution is 2.31. The molecule has 2 unspecified atom stereocenters. The summed E-state index contributed by atoms with van der Waals surface area (Å²) in [4.78, 5) is 16.3. The second-order valence-corrected chi connectivity index (χ2v) is 6.50. The van der Waals surface area contributed by atoms with Crippen LogP contribution in [0.15, 0.2) is 0 Å². The highest BCUT2D eigenvalue weighted by atomic mass is 16.1. The molecule has 1 aliphatic carbocycles. The number of amides is 1. The lowest BCUT2D eigenvalue weighted by atomic mass is 9.78. The van der Waals surface area contributed by atoms with E-state index in [4.69, 9.17) is 11.5 Å². The number of carbonyl (C=O) groups is 1. The minimum atomic E-state index is -0.776. The van der Waals surface area contributed by atoms with Crippen molar-refractivity contribution in [3.63, 3.8) is 0 Å². The molecular weight excluding hydrogens is 240 g/mol. The van der Waals surface area contributed by atoms with Crippen LogP contribution in [-0.4, -0.2) is 60.5 Å². The SMILES string of the molecule is CN(C)C1CCN(C2CCCC(N)(C(N)=O)C2)CC1. The predicted molar refractivity (Wildman–Crippen MR) is 76.7 cm³/mol. The van der Waals surface area contributed by atoms with Gasteiger partial charge < -0.3 is 21.3 Å². The Morgan fingerprint density at radius 2 is 1.89 bits per heavy atom. The van der Waals surface area contributed by atoms with Crippen LogP contribution in [0.5, 0.6) is 0 Å². The van der Waals surface area contributed by atoms with Crippen molar-refractivity contribution in [1.82, 2.24) is 9.80 Å². The smallest absolute Gasteiger partial charge is 0.237 e. The van der Waals surface area contributed by atoms with E-state index in [9.17, 15) is 4.79 Å². The summed E-state index contributed by atoms with van der Waals surface area (Å²) in [5.74, 6) is -0.333. The molecule has 2 fully saturated rings. The number of hydrogen-bond donors (Lipinski definition) is 2. The average Bonchev–Trinajstić information content (AvgIpc) is 2.39. The fourth-order valence-corrected chi connectivity index (χ4v) is 3.58. The summed E-state index contributed by atoms with van der Waals surface area (Å²) >= 11 is 0. The Labute approximate surface area is 116 Å². The van der Waals surface area contributed by atoms with Crippen LogP contribution in [0.4, 0.5) is 0 Å². The first-order valence-electron chi connectivity index (χ1n) is 7.41. The fourth-order valence-electron chi connectivity index (χ4n) is 3.58. The minimum Gasteiger partial charge on any atom is -0.368 e. The largest absolute Gasteiger partial charge is 0.368 e. The lowest BCUT2D eigenvalue weighted by Crippen LogP contribution is -2.59. The number of piperidine rings is 1. The molecule has 1 aliphatic heterocycles. The zero-order valence-electron chi connectivity index (χ0n) is 12.3. The van der Waals surface area contributed by atoms with Gasteiger partial charge in [0.05, 0.1) is 5.54 Å². The Hall–Kier alpha value is -0.650. The highest BCUT2D eigenvalue weighted by Gasteiger charge is 2.40. The first-order chi connectivity index (χ1) is 8.92. The number of rotatable bonds is 3. The Bertz CT molecular complexity index is 325. The Morgan fingerprint density at radius 3 is 2.42 bits per heavy atom. The maximum atomic E-state index is 11.5. The van der Waals surface area contributed by atoms with Crippen molar-refractivity contribution in [1.29, 1.82) is 0 Å². The third kappa shape index (κ3) is 3.27. The number of nitrogens with two attached hydrogens (primary N) is 2. The highest BCUT2D eigenvalue weighted by molar-refractivity contribution is 5.84. The van der Waals surface area contributed by atoms with Crippen molar-refractivity contribution in [2.24, 2.45) is 11.5 Å². The molecule has 0 aromatic carbocycles. The lowest BCUT2D eigenvalue weighted by Gasteiger charge is -2.44. The van der Waals surface area contributed by atoms with E-state index in [-0.39, 0.29) is 5.91 Å². The molecule has 1 amide bonds. The quantitative estimate of drug-likeness (QED) is 0.763. The maximum Gasteiger partial charge on any atom is 0.237 e. The summed E-state index contributed by atoms with van der Waals surface area (Å²) in [6, 6.07) is 1.13. The molecule has 0 spiro atoms. The van der Waals surface area contributed by atoms with Gasteiger partial charge in [-0.25, -0.2) is 0 Å². The first-order valence-corrected chi connectivity index (χ1v) is 7.41. The van der Waals surface area contributed by atoms with E-state index in [1.165, 1.54) is 12.8 Å². The van der Waals surface area contributed by atoms with Gasteiger partial charge in [-0.1, -0.05) is 0 Å². The summed E-state index contributed by atoms with van der Waals surface area (Å²) in [5, 5.41) is 0. The molecule has 4 N–H and O–H groups in total. The van der Waals surface area contributed by atoms with Crippen LogP contribution in [0.3, 0.4) is 0 Å². The molecular formula is C14H28N4O. The van der Waals surface area contributed by atoms with Crippen molar-refractivity contribution >= 4 is 5.91 Å². The van der Waals surface area contributed by atoms with Gasteiger partial charge in [0.25, 0.3) is 0 Å². The van der Waals surface area contributed by atoms with Gasteiger partial charge in [0.15, 0.2) is 0 Å². The maximum absolute atomic E-state index is 11.5. The van der Waals surface area contributed by atoms with Crippen LogP contribution < -0.4 is 11.5 Å². The number of primary amides is 1. The summed E-state index contributed by atoms with van der Waals surface area (Å²) in [7, 11) is 4.30. The van der Waals surface area contributed by atoms with Gasteiger partial charge in [-0.3, -0.25) is 4.79 Å². The van der Waals surface area contributed by atoms with Crippen molar-refractivity contribution < 1.29 is 4.79 Å². The van der Waals surface area contributed by atoms with Crippen LogP contribution >= 0.6 is 0 Å². The molecule has 2 rings (SSSR count). The number of likely N-dealkylation sites (tertiary alicyclic amines) is 1. The van der Waals surface area contributed by atoms with E-state index in [1.54, 1.807) is 0 Å². The Morgan fingerprint density at radius 1 is 1.26 bits per heavy atom. The molecule has 2 aliphatic rings. The molecule has 110 valence electrons. The molecule has 0 aromatic heterocycles. The van der Waals surface area contributed by atoms with E-state index in [0.29, 0.717) is 12.1 Å². The molecule has 1 saturated carbocycles. The minimum absolute atomic E-state index is 0.333. The van der Waals surface area contributed by atoms with E-state index >= 15 is 0 Å². The molecule has 0 bridgehead atoms. The number of carbonyl (C=O) groups excluding carboxylic acids is 1. The van der Waals surface area contributed by atoms with Gasteiger partial charge >= 0.3 is 0 Å². The molecule has 5 nitrogen and oxygen atoms in total. The van der Waals surface area contributed by atoms with Crippen LogP contribution in [-0.2, 0) is 4.79 Å². The lowest BCUT2D eigenvalue weighted by molar-refractivity contribution is -0.125. The molecule has 0 aromatic rings. The molecule has 2 atom stereocenters. The molecule has 1 saturated heterocycles. The molecule has 0 radical (unpaired) electrons. The van der Waals surface area contributed by atoms with Crippen LogP contribution in [0.1, 0.15) is 38.5 Å². The second-order valence-electron chi connectivity index (χ2n) is 6.50. The average molecular weight is 268 g/mol. The van der Waals surface area contributed by atoms with Gasteiger partial charge in [-0.15, -0.1) is 0 Å². The van der Waals surface area contributed by atoms with E-state index in [2.05, 4.69) is 23.9 Å².